The van der Waals surface area contributed by atoms with E-state index in [0.29, 0.717) is 19.3 Å². The molecule has 1 aliphatic rings. The SMILES string of the molecule is O=C1CCC(Cc2ccccc2)=C1[18OH]. The van der Waals surface area contributed by atoms with Gasteiger partial charge < -0.3 is 5.11 Å². The van der Waals surface area contributed by atoms with Gasteiger partial charge in [-0.25, -0.2) is 0 Å². The maximum atomic E-state index is 11.1. The minimum atomic E-state index is -0.115. The highest BCUT2D eigenvalue weighted by Crippen LogP contribution is 2.24. The predicted molar refractivity (Wildman–Crippen MR) is 54.0 cm³/mol. The largest absolute Gasteiger partial charge is 0.504 e. The lowest BCUT2D eigenvalue weighted by molar-refractivity contribution is -0.117. The second-order valence-electron chi connectivity index (χ2n) is 3.54. The van der Waals surface area contributed by atoms with Gasteiger partial charge in [-0.3, -0.25) is 4.79 Å². The fourth-order valence-corrected chi connectivity index (χ4v) is 1.71. The molecule has 0 saturated carbocycles. The molecule has 0 spiro atoms. The first-order valence-corrected chi connectivity index (χ1v) is 4.75. The molecule has 1 N–H and O–H groups in total. The Hall–Kier alpha value is -1.57. The fourth-order valence-electron chi connectivity index (χ4n) is 1.71. The summed E-state index contributed by atoms with van der Waals surface area (Å²) in [6.07, 6.45) is 1.87. The van der Waals surface area contributed by atoms with E-state index in [0.717, 1.165) is 11.1 Å². The van der Waals surface area contributed by atoms with E-state index in [1.165, 1.54) is 0 Å². The van der Waals surface area contributed by atoms with Crippen molar-refractivity contribution < 1.29 is 9.90 Å². The van der Waals surface area contributed by atoms with Crippen LogP contribution in [-0.2, 0) is 11.2 Å². The number of hydrogen-bond donors (Lipinski definition) is 1. The van der Waals surface area contributed by atoms with Crippen molar-refractivity contribution in [2.75, 3.05) is 0 Å². The summed E-state index contributed by atoms with van der Waals surface area (Å²) in [6.45, 7) is 0. The van der Waals surface area contributed by atoms with Crippen molar-refractivity contribution in [2.45, 2.75) is 19.3 Å². The molecule has 0 saturated heterocycles. The van der Waals surface area contributed by atoms with Crippen molar-refractivity contribution in [3.63, 3.8) is 0 Å². The number of ketones is 1. The maximum Gasteiger partial charge on any atom is 0.197 e. The highest BCUT2D eigenvalue weighted by Gasteiger charge is 2.21. The van der Waals surface area contributed by atoms with Gasteiger partial charge in [0.15, 0.2) is 11.5 Å². The molecule has 0 bridgehead atoms. The maximum absolute atomic E-state index is 11.1. The third kappa shape index (κ3) is 1.69. The van der Waals surface area contributed by atoms with Crippen molar-refractivity contribution in [2.24, 2.45) is 0 Å². The predicted octanol–water partition coefficient (Wildman–Crippen LogP) is 2.40. The first kappa shape index (κ1) is 9.00. The molecule has 0 aliphatic heterocycles. The standard InChI is InChI=1S/C12H12O2/c13-11-7-6-10(12(11)14)8-9-4-2-1-3-5-9/h1-5,14H,6-8H2/i14+2. The molecule has 1 aliphatic carbocycles. The Morgan fingerprint density at radius 2 is 1.86 bits per heavy atom. The van der Waals surface area contributed by atoms with E-state index in [-0.39, 0.29) is 11.5 Å². The van der Waals surface area contributed by atoms with Crippen LogP contribution in [0.3, 0.4) is 0 Å². The molecule has 0 amide bonds. The van der Waals surface area contributed by atoms with Crippen molar-refractivity contribution in [3.05, 3.63) is 47.2 Å². The fraction of sp³-hybridized carbons (Fsp3) is 0.250. The molecule has 0 atom stereocenters. The second-order valence-corrected chi connectivity index (χ2v) is 3.54. The number of aliphatic hydroxyl groups excluding tert-OH is 1. The summed E-state index contributed by atoms with van der Waals surface area (Å²) in [6, 6.07) is 9.89. The van der Waals surface area contributed by atoms with Gasteiger partial charge in [-0.2, -0.15) is 0 Å². The van der Waals surface area contributed by atoms with Crippen LogP contribution in [0, 0.1) is 0 Å². The molecule has 0 fully saturated rings. The van der Waals surface area contributed by atoms with E-state index >= 15 is 0 Å². The minimum absolute atomic E-state index is 0.00569. The lowest BCUT2D eigenvalue weighted by atomic mass is 10.0. The number of aliphatic hydroxyl groups is 1. The first-order chi connectivity index (χ1) is 6.77. The van der Waals surface area contributed by atoms with E-state index in [2.05, 4.69) is 0 Å². The zero-order chi connectivity index (χ0) is 9.97. The average molecular weight is 190 g/mol. The molecule has 72 valence electrons. The monoisotopic (exact) mass is 190 g/mol. The molecule has 0 heterocycles. The van der Waals surface area contributed by atoms with Gasteiger partial charge in [0.1, 0.15) is 0 Å². The van der Waals surface area contributed by atoms with Gasteiger partial charge in [0.05, 0.1) is 0 Å². The van der Waals surface area contributed by atoms with Crippen LogP contribution in [0.4, 0.5) is 0 Å². The van der Waals surface area contributed by atoms with Gasteiger partial charge in [0, 0.05) is 6.42 Å². The van der Waals surface area contributed by atoms with Gasteiger partial charge in [-0.1, -0.05) is 30.3 Å². The zero-order valence-electron chi connectivity index (χ0n) is 7.86. The summed E-state index contributed by atoms with van der Waals surface area (Å²) in [4.78, 5) is 11.1. The second kappa shape index (κ2) is 3.66. The Labute approximate surface area is 82.9 Å². The smallest absolute Gasteiger partial charge is 0.197 e. The topological polar surface area (TPSA) is 37.3 Å². The van der Waals surface area contributed by atoms with Crippen molar-refractivity contribution in [1.29, 1.82) is 0 Å². The summed E-state index contributed by atoms with van der Waals surface area (Å²) >= 11 is 0. The molecule has 1 aromatic rings. The number of rotatable bonds is 2. The van der Waals surface area contributed by atoms with Gasteiger partial charge in [-0.05, 0) is 24.0 Å². The lowest BCUT2D eigenvalue weighted by Crippen LogP contribution is -1.95. The number of allylic oxidation sites excluding steroid dienone is 2. The van der Waals surface area contributed by atoms with Crippen molar-refractivity contribution in [1.82, 2.24) is 0 Å². The molecular weight excluding hydrogens is 178 g/mol. The van der Waals surface area contributed by atoms with Crippen molar-refractivity contribution in [3.8, 4) is 0 Å². The van der Waals surface area contributed by atoms with Crippen LogP contribution >= 0.6 is 0 Å². The van der Waals surface area contributed by atoms with E-state index in [1.807, 2.05) is 30.3 Å². The summed E-state index contributed by atoms with van der Waals surface area (Å²) in [5.74, 6) is -0.121. The summed E-state index contributed by atoms with van der Waals surface area (Å²) in [5, 5.41) is 9.45. The van der Waals surface area contributed by atoms with Gasteiger partial charge in [0.2, 0.25) is 0 Å². The molecule has 2 rings (SSSR count). The van der Waals surface area contributed by atoms with E-state index in [1.54, 1.807) is 0 Å². The Balaban J connectivity index is 2.17. The molecule has 2 heteroatoms. The number of carbonyl (C=O) groups excluding carboxylic acids is 1. The third-order valence-electron chi connectivity index (χ3n) is 2.51. The van der Waals surface area contributed by atoms with Crippen molar-refractivity contribution >= 4 is 5.78 Å². The number of hydrogen-bond acceptors (Lipinski definition) is 2. The molecular formula is C12H12O2. The molecule has 0 radical (unpaired) electrons. The van der Waals surface area contributed by atoms with Crippen LogP contribution in [0.2, 0.25) is 0 Å². The molecule has 1 aromatic carbocycles. The van der Waals surface area contributed by atoms with Crippen LogP contribution in [0.1, 0.15) is 18.4 Å². The number of Topliss-reactive ketones (excluding diaryl/α,β-unsaturated/α-hetero) is 1. The highest BCUT2D eigenvalue weighted by atomic mass is 18.2. The Morgan fingerprint density at radius 3 is 2.43 bits per heavy atom. The van der Waals surface area contributed by atoms with Crippen LogP contribution in [0.15, 0.2) is 41.7 Å². The normalized spacial score (nSPS) is 16.4. The third-order valence-corrected chi connectivity index (χ3v) is 2.51. The van der Waals surface area contributed by atoms with Crippen LogP contribution < -0.4 is 0 Å². The summed E-state index contributed by atoms with van der Waals surface area (Å²) in [5.41, 5.74) is 2.02. The first-order valence-electron chi connectivity index (χ1n) is 4.75. The van der Waals surface area contributed by atoms with Crippen LogP contribution in [0.5, 0.6) is 0 Å². The average Bonchev–Trinajstić information content (AvgIpc) is 2.52. The zero-order valence-corrected chi connectivity index (χ0v) is 7.86. The van der Waals surface area contributed by atoms with Crippen LogP contribution in [0.25, 0.3) is 0 Å². The Kier molecular flexibility index (Phi) is 2.35. The Morgan fingerprint density at radius 1 is 1.14 bits per heavy atom. The number of benzene rings is 1. The lowest BCUT2D eigenvalue weighted by Gasteiger charge is -2.01. The Bertz CT molecular complexity index is 377. The highest BCUT2D eigenvalue weighted by molar-refractivity contribution is 5.96. The molecule has 2 nitrogen and oxygen atoms in total. The van der Waals surface area contributed by atoms with E-state index < -0.39 is 0 Å². The summed E-state index contributed by atoms with van der Waals surface area (Å²) < 4.78 is 0. The van der Waals surface area contributed by atoms with Gasteiger partial charge in [-0.15, -0.1) is 0 Å². The summed E-state index contributed by atoms with van der Waals surface area (Å²) in [7, 11) is 0. The van der Waals surface area contributed by atoms with E-state index in [9.17, 15) is 9.90 Å². The molecule has 0 aromatic heterocycles. The van der Waals surface area contributed by atoms with Gasteiger partial charge >= 0.3 is 0 Å². The number of carbonyl (C=O) groups is 1. The molecule has 14 heavy (non-hydrogen) atoms. The molecule has 0 unspecified atom stereocenters. The van der Waals surface area contributed by atoms with Crippen LogP contribution in [-0.4, -0.2) is 10.9 Å². The minimum Gasteiger partial charge on any atom is -0.504 e. The van der Waals surface area contributed by atoms with Gasteiger partial charge in [0.25, 0.3) is 0 Å². The quantitative estimate of drug-likeness (QED) is 0.727. The van der Waals surface area contributed by atoms with E-state index in [4.69, 9.17) is 0 Å².